The zero-order valence-electron chi connectivity index (χ0n) is 19.2. The van der Waals surface area contributed by atoms with Gasteiger partial charge in [-0.05, 0) is 98.6 Å². The van der Waals surface area contributed by atoms with Gasteiger partial charge in [0.2, 0.25) is 0 Å². The number of carbonyl (C=O) groups is 2. The third kappa shape index (κ3) is 10.8. The summed E-state index contributed by atoms with van der Waals surface area (Å²) in [5, 5.41) is 0. The van der Waals surface area contributed by atoms with E-state index in [1.807, 2.05) is 0 Å². The molecule has 29 heavy (non-hydrogen) atoms. The van der Waals surface area contributed by atoms with Crippen molar-refractivity contribution < 1.29 is 9.59 Å². The standard InChI is InChI=1S/C27H38O2/c1-20(2)10-7-11-21(3)12-8-13-22(4)14-9-15-23(5)16-17-25-19-26(28)18-24(6)27(25)29/h10,12,14,16,18-19H,7-9,11,13,15,17H2,1-6H3. The fraction of sp³-hybridized carbons (Fsp3) is 0.481. The first-order chi connectivity index (χ1) is 13.7. The Balaban J connectivity index is 2.36. The number of ketones is 2. The fourth-order valence-electron chi connectivity index (χ4n) is 3.23. The first-order valence-electron chi connectivity index (χ1n) is 10.8. The summed E-state index contributed by atoms with van der Waals surface area (Å²) in [5.41, 5.74) is 6.71. The minimum absolute atomic E-state index is 0.00594. The van der Waals surface area contributed by atoms with Crippen LogP contribution in [-0.4, -0.2) is 11.6 Å². The lowest BCUT2D eigenvalue weighted by Crippen LogP contribution is -2.12. The molecule has 0 N–H and O–H groups in total. The lowest BCUT2D eigenvalue weighted by atomic mass is 9.94. The van der Waals surface area contributed by atoms with Crippen molar-refractivity contribution in [1.29, 1.82) is 0 Å². The van der Waals surface area contributed by atoms with Crippen molar-refractivity contribution in [2.75, 3.05) is 0 Å². The summed E-state index contributed by atoms with van der Waals surface area (Å²) < 4.78 is 0. The monoisotopic (exact) mass is 394 g/mol. The summed E-state index contributed by atoms with van der Waals surface area (Å²) >= 11 is 0. The molecule has 0 fully saturated rings. The highest BCUT2D eigenvalue weighted by Crippen LogP contribution is 2.18. The number of hydrogen-bond donors (Lipinski definition) is 0. The molecule has 0 aromatic heterocycles. The van der Waals surface area contributed by atoms with Gasteiger partial charge < -0.3 is 0 Å². The lowest BCUT2D eigenvalue weighted by molar-refractivity contribution is -0.115. The Morgan fingerprint density at radius 3 is 1.72 bits per heavy atom. The van der Waals surface area contributed by atoms with Crippen molar-refractivity contribution in [2.24, 2.45) is 0 Å². The minimum Gasteiger partial charge on any atom is -0.290 e. The van der Waals surface area contributed by atoms with Crippen LogP contribution in [0.15, 0.2) is 69.9 Å². The molecule has 0 heterocycles. The molecule has 0 aromatic carbocycles. The van der Waals surface area contributed by atoms with Gasteiger partial charge in [-0.3, -0.25) is 9.59 Å². The quantitative estimate of drug-likeness (QED) is 0.268. The molecule has 0 radical (unpaired) electrons. The highest BCUT2D eigenvalue weighted by Gasteiger charge is 2.17. The molecule has 0 atom stereocenters. The van der Waals surface area contributed by atoms with Gasteiger partial charge in [0.05, 0.1) is 0 Å². The van der Waals surface area contributed by atoms with Crippen molar-refractivity contribution in [3.05, 3.63) is 69.9 Å². The van der Waals surface area contributed by atoms with E-state index in [0.29, 0.717) is 17.6 Å². The Kier molecular flexibility index (Phi) is 11.2. The second kappa shape index (κ2) is 13.1. The summed E-state index contributed by atoms with van der Waals surface area (Å²) in [6, 6.07) is 0. The molecule has 0 aliphatic heterocycles. The number of rotatable bonds is 11. The number of allylic oxidation sites excluding steroid dienone is 12. The van der Waals surface area contributed by atoms with Crippen LogP contribution in [0.25, 0.3) is 0 Å². The van der Waals surface area contributed by atoms with E-state index in [-0.39, 0.29) is 11.6 Å². The van der Waals surface area contributed by atoms with Crippen molar-refractivity contribution >= 4 is 11.6 Å². The molecule has 0 amide bonds. The van der Waals surface area contributed by atoms with Crippen molar-refractivity contribution in [1.82, 2.24) is 0 Å². The molecule has 0 saturated carbocycles. The molecule has 0 unspecified atom stereocenters. The van der Waals surface area contributed by atoms with Crippen LogP contribution in [0.2, 0.25) is 0 Å². The van der Waals surface area contributed by atoms with Gasteiger partial charge in [0.15, 0.2) is 11.6 Å². The van der Waals surface area contributed by atoms with Crippen molar-refractivity contribution in [2.45, 2.75) is 86.5 Å². The number of carbonyl (C=O) groups excluding carboxylic acids is 2. The summed E-state index contributed by atoms with van der Waals surface area (Å²) in [6.45, 7) is 12.5. The van der Waals surface area contributed by atoms with Crippen LogP contribution in [-0.2, 0) is 9.59 Å². The second-order valence-electron chi connectivity index (χ2n) is 8.48. The van der Waals surface area contributed by atoms with Crippen LogP contribution >= 0.6 is 0 Å². The lowest BCUT2D eigenvalue weighted by Gasteiger charge is -2.09. The zero-order chi connectivity index (χ0) is 21.8. The maximum atomic E-state index is 12.1. The van der Waals surface area contributed by atoms with Gasteiger partial charge in [-0.2, -0.15) is 0 Å². The molecule has 1 aliphatic carbocycles. The predicted octanol–water partition coefficient (Wildman–Crippen LogP) is 7.55. The maximum Gasteiger partial charge on any atom is 0.185 e. The molecule has 1 rings (SSSR count). The summed E-state index contributed by atoms with van der Waals surface area (Å²) in [7, 11) is 0. The molecule has 0 spiro atoms. The molecule has 2 nitrogen and oxygen atoms in total. The second-order valence-corrected chi connectivity index (χ2v) is 8.48. The van der Waals surface area contributed by atoms with E-state index >= 15 is 0 Å². The molecule has 2 heteroatoms. The summed E-state index contributed by atoms with van der Waals surface area (Å²) in [4.78, 5) is 23.7. The molecule has 0 aromatic rings. The highest BCUT2D eigenvalue weighted by molar-refractivity contribution is 6.20. The summed E-state index contributed by atoms with van der Waals surface area (Å²) in [5.74, 6) is -0.0865. The molecular weight excluding hydrogens is 356 g/mol. The smallest absolute Gasteiger partial charge is 0.185 e. The number of hydrogen-bond acceptors (Lipinski definition) is 2. The van der Waals surface area contributed by atoms with E-state index in [2.05, 4.69) is 58.9 Å². The van der Waals surface area contributed by atoms with Gasteiger partial charge >= 0.3 is 0 Å². The van der Waals surface area contributed by atoms with E-state index in [1.54, 1.807) is 6.92 Å². The summed E-state index contributed by atoms with van der Waals surface area (Å²) in [6.07, 6.45) is 19.0. The molecule has 158 valence electrons. The van der Waals surface area contributed by atoms with Gasteiger partial charge in [-0.25, -0.2) is 0 Å². The molecular formula is C27H38O2. The minimum atomic E-state index is -0.0806. The van der Waals surface area contributed by atoms with Crippen molar-refractivity contribution in [3.63, 3.8) is 0 Å². The Morgan fingerprint density at radius 2 is 1.21 bits per heavy atom. The van der Waals surface area contributed by atoms with Gasteiger partial charge in [-0.1, -0.05) is 46.6 Å². The van der Waals surface area contributed by atoms with E-state index in [9.17, 15) is 9.59 Å². The van der Waals surface area contributed by atoms with Gasteiger partial charge in [0, 0.05) is 11.1 Å². The molecule has 1 aliphatic rings. The number of Topliss-reactive ketones (excluding diaryl/α,β-unsaturated/α-hetero) is 1. The van der Waals surface area contributed by atoms with Crippen molar-refractivity contribution in [3.8, 4) is 0 Å². The third-order valence-electron chi connectivity index (χ3n) is 5.15. The average Bonchev–Trinajstić information content (AvgIpc) is 2.63. The van der Waals surface area contributed by atoms with Crippen LogP contribution in [0.5, 0.6) is 0 Å². The zero-order valence-corrected chi connectivity index (χ0v) is 19.2. The predicted molar refractivity (Wildman–Crippen MR) is 125 cm³/mol. The maximum absolute atomic E-state index is 12.1. The van der Waals surface area contributed by atoms with Crippen LogP contribution in [0.3, 0.4) is 0 Å². The van der Waals surface area contributed by atoms with E-state index in [4.69, 9.17) is 0 Å². The van der Waals surface area contributed by atoms with Crippen LogP contribution in [0, 0.1) is 0 Å². The third-order valence-corrected chi connectivity index (χ3v) is 5.15. The van der Waals surface area contributed by atoms with E-state index in [1.165, 1.54) is 34.4 Å². The normalized spacial score (nSPS) is 16.0. The Morgan fingerprint density at radius 1 is 0.724 bits per heavy atom. The largest absolute Gasteiger partial charge is 0.290 e. The van der Waals surface area contributed by atoms with E-state index < -0.39 is 0 Å². The van der Waals surface area contributed by atoms with Crippen LogP contribution < -0.4 is 0 Å². The van der Waals surface area contributed by atoms with Crippen LogP contribution in [0.1, 0.15) is 86.5 Å². The Bertz CT molecular complexity index is 775. The Hall–Kier alpha value is -2.22. The van der Waals surface area contributed by atoms with Gasteiger partial charge in [-0.15, -0.1) is 0 Å². The van der Waals surface area contributed by atoms with Crippen LogP contribution in [0.4, 0.5) is 0 Å². The average molecular weight is 395 g/mol. The highest BCUT2D eigenvalue weighted by atomic mass is 16.1. The Labute approximate surface area is 177 Å². The first kappa shape index (κ1) is 24.8. The fourth-order valence-corrected chi connectivity index (χ4v) is 3.23. The molecule has 0 bridgehead atoms. The SMILES string of the molecule is CC(C)=CCCC(C)=CCCC(C)=CCCC(C)=CCC1=CC(=O)C=C(C)C1=O. The topological polar surface area (TPSA) is 34.1 Å². The van der Waals surface area contributed by atoms with Gasteiger partial charge in [0.25, 0.3) is 0 Å². The van der Waals surface area contributed by atoms with Gasteiger partial charge in [0.1, 0.15) is 0 Å². The van der Waals surface area contributed by atoms with E-state index in [0.717, 1.165) is 38.5 Å². The molecule has 0 saturated heterocycles. The first-order valence-corrected chi connectivity index (χ1v) is 10.8.